The van der Waals surface area contributed by atoms with E-state index in [2.05, 4.69) is 19.6 Å². The van der Waals surface area contributed by atoms with Crippen molar-refractivity contribution in [2.45, 2.75) is 70.8 Å². The molecule has 116 valence electrons. The number of fused-ring (bicyclic) bond motifs is 5. The minimum absolute atomic E-state index is 0.0815. The Bertz CT molecular complexity index is 476. The van der Waals surface area contributed by atoms with E-state index in [-0.39, 0.29) is 11.5 Å². The number of rotatable bonds is 1. The fourth-order valence-electron chi connectivity index (χ4n) is 6.67. The van der Waals surface area contributed by atoms with E-state index in [0.29, 0.717) is 0 Å². The smallest absolute Gasteiger partial charge is 0.0602 e. The molecule has 0 amide bonds. The highest BCUT2D eigenvalue weighted by Crippen LogP contribution is 2.63. The summed E-state index contributed by atoms with van der Waals surface area (Å²) in [4.78, 5) is 0. The summed E-state index contributed by atoms with van der Waals surface area (Å²) in [7, 11) is 0. The zero-order valence-corrected chi connectivity index (χ0v) is 13.5. The molecule has 0 aliphatic heterocycles. The van der Waals surface area contributed by atoms with Crippen LogP contribution in [0.15, 0.2) is 23.8 Å². The Morgan fingerprint density at radius 2 is 2.14 bits per heavy atom. The van der Waals surface area contributed by atoms with Crippen molar-refractivity contribution >= 4 is 0 Å². The molecule has 0 aromatic heterocycles. The van der Waals surface area contributed by atoms with Gasteiger partial charge in [0.1, 0.15) is 0 Å². The van der Waals surface area contributed by atoms with Gasteiger partial charge >= 0.3 is 0 Å². The van der Waals surface area contributed by atoms with Gasteiger partial charge in [-0.3, -0.25) is 0 Å². The van der Waals surface area contributed by atoms with Gasteiger partial charge < -0.3 is 5.11 Å². The second-order valence-electron chi connectivity index (χ2n) is 8.18. The van der Waals surface area contributed by atoms with Crippen LogP contribution < -0.4 is 0 Å². The molecule has 0 saturated heterocycles. The molecule has 3 saturated carbocycles. The lowest BCUT2D eigenvalue weighted by Crippen LogP contribution is -2.49. The summed E-state index contributed by atoms with van der Waals surface area (Å²) < 4.78 is 0. The Kier molecular flexibility index (Phi) is 3.33. The van der Waals surface area contributed by atoms with Gasteiger partial charge in [0, 0.05) is 5.41 Å². The number of aliphatic hydroxyl groups excluding tert-OH is 1. The summed E-state index contributed by atoms with van der Waals surface area (Å²) in [6.45, 7) is 6.83. The fraction of sp³-hybridized carbons (Fsp3) is 0.800. The first-order valence-corrected chi connectivity index (χ1v) is 9.22. The minimum Gasteiger partial charge on any atom is -0.393 e. The van der Waals surface area contributed by atoms with E-state index in [1.54, 1.807) is 5.57 Å². The molecule has 1 nitrogen and oxygen atoms in total. The third-order valence-electron chi connectivity index (χ3n) is 7.61. The highest BCUT2D eigenvalue weighted by molar-refractivity contribution is 5.28. The van der Waals surface area contributed by atoms with E-state index in [9.17, 15) is 5.11 Å². The molecular weight excluding hydrogens is 256 g/mol. The predicted molar refractivity (Wildman–Crippen MR) is 86.8 cm³/mol. The number of aliphatic hydroxyl groups is 1. The van der Waals surface area contributed by atoms with E-state index >= 15 is 0 Å². The highest BCUT2D eigenvalue weighted by atomic mass is 16.3. The van der Waals surface area contributed by atoms with Crippen LogP contribution in [0.5, 0.6) is 0 Å². The van der Waals surface area contributed by atoms with Gasteiger partial charge in [0.15, 0.2) is 0 Å². The van der Waals surface area contributed by atoms with Crippen LogP contribution in [0.2, 0.25) is 0 Å². The Balaban J connectivity index is 1.72. The van der Waals surface area contributed by atoms with Gasteiger partial charge in [-0.05, 0) is 75.0 Å². The third-order valence-corrected chi connectivity index (χ3v) is 7.61. The average molecular weight is 286 g/mol. The second-order valence-corrected chi connectivity index (χ2v) is 8.18. The van der Waals surface area contributed by atoms with E-state index in [1.807, 2.05) is 0 Å². The monoisotopic (exact) mass is 286 g/mol. The summed E-state index contributed by atoms with van der Waals surface area (Å²) in [5.74, 6) is 3.06. The van der Waals surface area contributed by atoms with E-state index in [4.69, 9.17) is 0 Å². The second kappa shape index (κ2) is 4.98. The first kappa shape index (κ1) is 14.1. The molecule has 0 aromatic rings. The van der Waals surface area contributed by atoms with Crippen molar-refractivity contribution in [2.75, 3.05) is 0 Å². The van der Waals surface area contributed by atoms with Crippen LogP contribution in [0.3, 0.4) is 0 Å². The molecule has 1 heteroatoms. The Morgan fingerprint density at radius 3 is 2.95 bits per heavy atom. The first-order chi connectivity index (χ1) is 10.2. The van der Waals surface area contributed by atoms with Crippen molar-refractivity contribution in [1.82, 2.24) is 0 Å². The van der Waals surface area contributed by atoms with Crippen LogP contribution in [0, 0.1) is 29.1 Å². The van der Waals surface area contributed by atoms with Crippen LogP contribution in [0.1, 0.15) is 64.7 Å². The maximum atomic E-state index is 10.7. The van der Waals surface area contributed by atoms with E-state index in [1.165, 1.54) is 44.1 Å². The number of hydrogen-bond acceptors (Lipinski definition) is 1. The summed E-state index contributed by atoms with van der Waals surface area (Å²) in [5.41, 5.74) is 3.40. The van der Waals surface area contributed by atoms with Crippen LogP contribution in [-0.4, -0.2) is 11.2 Å². The summed E-state index contributed by atoms with van der Waals surface area (Å²) in [5, 5.41) is 10.7. The van der Waals surface area contributed by atoms with Gasteiger partial charge in [-0.15, -0.1) is 0 Å². The zero-order chi connectivity index (χ0) is 14.6. The average Bonchev–Trinajstić information content (AvgIpc) is 2.84. The topological polar surface area (TPSA) is 20.2 Å². The van der Waals surface area contributed by atoms with Crippen molar-refractivity contribution in [2.24, 2.45) is 29.1 Å². The van der Waals surface area contributed by atoms with E-state index < -0.39 is 0 Å². The lowest BCUT2D eigenvalue weighted by atomic mass is 9.50. The molecular formula is C20H30O. The van der Waals surface area contributed by atoms with Crippen molar-refractivity contribution in [1.29, 1.82) is 0 Å². The van der Waals surface area contributed by atoms with Crippen molar-refractivity contribution in [3.63, 3.8) is 0 Å². The Labute approximate surface area is 129 Å². The molecule has 0 bridgehead atoms. The first-order valence-electron chi connectivity index (χ1n) is 9.22. The molecule has 0 heterocycles. The maximum absolute atomic E-state index is 10.7. The van der Waals surface area contributed by atoms with Crippen LogP contribution in [-0.2, 0) is 0 Å². The van der Waals surface area contributed by atoms with Gasteiger partial charge in [0.05, 0.1) is 6.10 Å². The van der Waals surface area contributed by atoms with Crippen LogP contribution in [0.25, 0.3) is 0 Å². The van der Waals surface area contributed by atoms with E-state index in [0.717, 1.165) is 42.9 Å². The molecule has 0 unspecified atom stereocenters. The quantitative estimate of drug-likeness (QED) is 0.682. The van der Waals surface area contributed by atoms with Crippen molar-refractivity contribution in [3.8, 4) is 0 Å². The molecule has 4 aliphatic rings. The molecule has 1 N–H and O–H groups in total. The van der Waals surface area contributed by atoms with Crippen LogP contribution >= 0.6 is 0 Å². The normalized spacial score (nSPS) is 49.1. The Hall–Kier alpha value is -0.560. The predicted octanol–water partition coefficient (Wildman–Crippen LogP) is 4.87. The number of hydrogen-bond donors (Lipinski definition) is 1. The minimum atomic E-state index is -0.0815. The molecule has 0 radical (unpaired) electrons. The SMILES string of the molecule is C=C1C[C@]2(CC)[C@@H](O)CC[C@H]2[C@@H]2CC=C3CCCC[C@@H]3[C@@H]12. The maximum Gasteiger partial charge on any atom is 0.0602 e. The molecule has 6 atom stereocenters. The van der Waals surface area contributed by atoms with Gasteiger partial charge in [0.2, 0.25) is 0 Å². The van der Waals surface area contributed by atoms with Gasteiger partial charge in [0.25, 0.3) is 0 Å². The molecule has 0 spiro atoms. The lowest BCUT2D eigenvalue weighted by Gasteiger charge is -2.54. The summed E-state index contributed by atoms with van der Waals surface area (Å²) >= 11 is 0. The van der Waals surface area contributed by atoms with Gasteiger partial charge in [-0.2, -0.15) is 0 Å². The lowest BCUT2D eigenvalue weighted by molar-refractivity contribution is -0.0361. The molecule has 0 aromatic carbocycles. The highest BCUT2D eigenvalue weighted by Gasteiger charge is 2.57. The molecule has 4 aliphatic carbocycles. The molecule has 4 rings (SSSR count). The Morgan fingerprint density at radius 1 is 1.29 bits per heavy atom. The largest absolute Gasteiger partial charge is 0.393 e. The summed E-state index contributed by atoms with van der Waals surface area (Å²) in [6.07, 6.45) is 13.8. The van der Waals surface area contributed by atoms with Crippen molar-refractivity contribution < 1.29 is 5.11 Å². The fourth-order valence-corrected chi connectivity index (χ4v) is 6.67. The molecule has 3 fully saturated rings. The zero-order valence-electron chi connectivity index (χ0n) is 13.5. The van der Waals surface area contributed by atoms with Gasteiger partial charge in [-0.1, -0.05) is 37.1 Å². The standard InChI is InChI=1S/C20H30O/c1-3-20-12-13(2)19-15-7-5-4-6-14(15)8-9-16(19)17(20)10-11-18(20)21/h8,15-19,21H,2-7,9-12H2,1H3/t15-,16-,17-,18-,19+,20-/m0/s1. The van der Waals surface area contributed by atoms with Crippen LogP contribution in [0.4, 0.5) is 0 Å². The van der Waals surface area contributed by atoms with Gasteiger partial charge in [-0.25, -0.2) is 0 Å². The number of allylic oxidation sites excluding steroid dienone is 3. The van der Waals surface area contributed by atoms with Crippen molar-refractivity contribution in [3.05, 3.63) is 23.8 Å². The molecule has 21 heavy (non-hydrogen) atoms. The summed E-state index contributed by atoms with van der Waals surface area (Å²) in [6, 6.07) is 0. The third kappa shape index (κ3) is 1.86.